The van der Waals surface area contributed by atoms with Crippen molar-refractivity contribution in [2.75, 3.05) is 30.3 Å². The van der Waals surface area contributed by atoms with Crippen LogP contribution in [0.4, 0.5) is 5.69 Å². The molecule has 2 aromatic carbocycles. The number of hydrogen-bond acceptors (Lipinski definition) is 5. The molecule has 0 fully saturated rings. The van der Waals surface area contributed by atoms with E-state index in [1.807, 2.05) is 52.0 Å². The number of rotatable bonds is 14. The van der Waals surface area contributed by atoms with Crippen LogP contribution in [-0.2, 0) is 26.2 Å². The fourth-order valence-corrected chi connectivity index (χ4v) is 4.89. The Hall–Kier alpha value is -3.07. The number of carbonyl (C=O) groups excluding carboxylic acids is 2. The molecule has 0 aromatic heterocycles. The SMILES string of the molecule is CCOc1ccc(N(CCCC(=O)N(Cc2cccc(C)c2)C(C)C(=O)NCC(C)C)S(C)(=O)=O)cc1. The summed E-state index contributed by atoms with van der Waals surface area (Å²) in [5.41, 5.74) is 2.52. The van der Waals surface area contributed by atoms with Crippen LogP contribution in [0.2, 0.25) is 0 Å². The Morgan fingerprint density at radius 2 is 1.73 bits per heavy atom. The Labute approximate surface area is 222 Å². The van der Waals surface area contributed by atoms with E-state index < -0.39 is 16.1 Å². The minimum absolute atomic E-state index is 0.108. The zero-order valence-corrected chi connectivity index (χ0v) is 23.7. The molecule has 0 aliphatic carbocycles. The smallest absolute Gasteiger partial charge is 0.242 e. The number of hydrogen-bond donors (Lipinski definition) is 1. The first kappa shape index (κ1) is 30.2. The van der Waals surface area contributed by atoms with E-state index in [0.717, 1.165) is 17.4 Å². The summed E-state index contributed by atoms with van der Waals surface area (Å²) >= 11 is 0. The highest BCUT2D eigenvalue weighted by atomic mass is 32.2. The predicted octanol–water partition coefficient (Wildman–Crippen LogP) is 4.13. The quantitative estimate of drug-likeness (QED) is 0.396. The summed E-state index contributed by atoms with van der Waals surface area (Å²) in [6.07, 6.45) is 1.57. The molecule has 2 rings (SSSR count). The molecule has 8 nitrogen and oxygen atoms in total. The van der Waals surface area contributed by atoms with Crippen LogP contribution in [0.5, 0.6) is 5.75 Å². The van der Waals surface area contributed by atoms with Crippen LogP contribution in [0.3, 0.4) is 0 Å². The molecule has 0 saturated carbocycles. The number of anilines is 1. The molecule has 0 spiro atoms. The fraction of sp³-hybridized carbons (Fsp3) is 0.500. The summed E-state index contributed by atoms with van der Waals surface area (Å²) in [5.74, 6) is 0.545. The number of amides is 2. The van der Waals surface area contributed by atoms with Crippen LogP contribution in [-0.4, -0.2) is 57.1 Å². The first-order valence-electron chi connectivity index (χ1n) is 12.8. The molecule has 9 heteroatoms. The van der Waals surface area contributed by atoms with Gasteiger partial charge in [-0.3, -0.25) is 13.9 Å². The average molecular weight is 532 g/mol. The van der Waals surface area contributed by atoms with Crippen molar-refractivity contribution in [1.29, 1.82) is 0 Å². The van der Waals surface area contributed by atoms with Crippen molar-refractivity contribution in [1.82, 2.24) is 10.2 Å². The summed E-state index contributed by atoms with van der Waals surface area (Å²) in [6, 6.07) is 14.0. The number of nitrogens with one attached hydrogen (secondary N) is 1. The van der Waals surface area contributed by atoms with Gasteiger partial charge >= 0.3 is 0 Å². The zero-order chi connectivity index (χ0) is 27.6. The Morgan fingerprint density at radius 3 is 2.30 bits per heavy atom. The maximum absolute atomic E-state index is 13.4. The van der Waals surface area contributed by atoms with Gasteiger partial charge in [-0.15, -0.1) is 0 Å². The highest BCUT2D eigenvalue weighted by Gasteiger charge is 2.26. The molecular formula is C28H41N3O5S. The number of carbonyl (C=O) groups is 2. The van der Waals surface area contributed by atoms with Gasteiger partial charge in [0.25, 0.3) is 0 Å². The molecule has 37 heavy (non-hydrogen) atoms. The van der Waals surface area contributed by atoms with Crippen LogP contribution in [0, 0.1) is 12.8 Å². The highest BCUT2D eigenvalue weighted by Crippen LogP contribution is 2.22. The van der Waals surface area contributed by atoms with Gasteiger partial charge in [0.2, 0.25) is 21.8 Å². The van der Waals surface area contributed by atoms with E-state index in [-0.39, 0.29) is 24.8 Å². The molecular weight excluding hydrogens is 490 g/mol. The van der Waals surface area contributed by atoms with Crippen molar-refractivity contribution in [2.24, 2.45) is 5.92 Å². The largest absolute Gasteiger partial charge is 0.494 e. The molecule has 1 atom stereocenters. The second-order valence-corrected chi connectivity index (χ2v) is 11.6. The third kappa shape index (κ3) is 9.72. The number of ether oxygens (including phenoxy) is 1. The monoisotopic (exact) mass is 531 g/mol. The molecule has 0 aliphatic heterocycles. The van der Waals surface area contributed by atoms with E-state index in [0.29, 0.717) is 43.5 Å². The second kappa shape index (κ2) is 14.0. The van der Waals surface area contributed by atoms with Crippen LogP contribution in [0.25, 0.3) is 0 Å². The number of benzene rings is 2. The predicted molar refractivity (Wildman–Crippen MR) is 148 cm³/mol. The number of aryl methyl sites for hydroxylation is 1. The fourth-order valence-electron chi connectivity index (χ4n) is 3.92. The Kier molecular flexibility index (Phi) is 11.4. The maximum Gasteiger partial charge on any atom is 0.242 e. The van der Waals surface area contributed by atoms with Gasteiger partial charge < -0.3 is 15.0 Å². The molecule has 0 heterocycles. The third-order valence-corrected chi connectivity index (χ3v) is 7.07. The number of nitrogens with zero attached hydrogens (tertiary/aromatic N) is 2. The van der Waals surface area contributed by atoms with Gasteiger partial charge in [0, 0.05) is 26.1 Å². The van der Waals surface area contributed by atoms with Crippen molar-refractivity contribution >= 4 is 27.5 Å². The van der Waals surface area contributed by atoms with E-state index in [4.69, 9.17) is 4.74 Å². The zero-order valence-electron chi connectivity index (χ0n) is 22.9. The first-order chi connectivity index (χ1) is 17.4. The summed E-state index contributed by atoms with van der Waals surface area (Å²) in [4.78, 5) is 27.8. The van der Waals surface area contributed by atoms with Gasteiger partial charge in [-0.05, 0) is 62.9 Å². The van der Waals surface area contributed by atoms with Crippen molar-refractivity contribution in [3.05, 3.63) is 59.7 Å². The normalized spacial score (nSPS) is 12.2. The Bertz CT molecular complexity index is 1130. The standard InChI is InChI=1S/C28H41N3O5S/c1-7-36-26-15-13-25(14-16-26)31(37(6,34)35)17-9-12-27(32)30(20-24-11-8-10-22(4)18-24)23(5)28(33)29-19-21(2)3/h8,10-11,13-16,18,21,23H,7,9,12,17,19-20H2,1-6H3,(H,29,33). The molecule has 2 aromatic rings. The van der Waals surface area contributed by atoms with Crippen molar-refractivity contribution in [3.8, 4) is 5.75 Å². The first-order valence-corrected chi connectivity index (χ1v) is 14.6. The van der Waals surface area contributed by atoms with Crippen molar-refractivity contribution < 1.29 is 22.7 Å². The summed E-state index contributed by atoms with van der Waals surface area (Å²) in [6.45, 7) is 11.1. The van der Waals surface area contributed by atoms with Gasteiger partial charge in [-0.2, -0.15) is 0 Å². The molecule has 204 valence electrons. The Balaban J connectivity index is 2.15. The molecule has 2 amide bonds. The minimum Gasteiger partial charge on any atom is -0.494 e. The molecule has 0 saturated heterocycles. The van der Waals surface area contributed by atoms with Crippen LogP contribution in [0.15, 0.2) is 48.5 Å². The second-order valence-electron chi connectivity index (χ2n) is 9.69. The Morgan fingerprint density at radius 1 is 1.05 bits per heavy atom. The van der Waals surface area contributed by atoms with E-state index in [1.165, 1.54) is 4.31 Å². The van der Waals surface area contributed by atoms with Gasteiger partial charge in [-0.25, -0.2) is 8.42 Å². The van der Waals surface area contributed by atoms with Crippen LogP contribution in [0.1, 0.15) is 51.7 Å². The molecule has 0 bridgehead atoms. The lowest BCUT2D eigenvalue weighted by atomic mass is 10.1. The lowest BCUT2D eigenvalue weighted by Crippen LogP contribution is -2.48. The van der Waals surface area contributed by atoms with Gasteiger partial charge in [0.05, 0.1) is 18.6 Å². The average Bonchev–Trinajstić information content (AvgIpc) is 2.83. The van der Waals surface area contributed by atoms with E-state index in [1.54, 1.807) is 36.1 Å². The van der Waals surface area contributed by atoms with E-state index >= 15 is 0 Å². The van der Waals surface area contributed by atoms with E-state index in [2.05, 4.69) is 5.32 Å². The molecule has 1 unspecified atom stereocenters. The minimum atomic E-state index is -3.56. The lowest BCUT2D eigenvalue weighted by Gasteiger charge is -2.30. The lowest BCUT2D eigenvalue weighted by molar-refractivity contribution is -0.140. The highest BCUT2D eigenvalue weighted by molar-refractivity contribution is 7.92. The summed E-state index contributed by atoms with van der Waals surface area (Å²) < 4.78 is 31.7. The van der Waals surface area contributed by atoms with Gasteiger partial charge in [-0.1, -0.05) is 43.7 Å². The molecule has 0 aliphatic rings. The maximum atomic E-state index is 13.4. The van der Waals surface area contributed by atoms with Gasteiger partial charge in [0.1, 0.15) is 11.8 Å². The van der Waals surface area contributed by atoms with E-state index in [9.17, 15) is 18.0 Å². The third-order valence-electron chi connectivity index (χ3n) is 5.88. The molecule has 0 radical (unpaired) electrons. The summed E-state index contributed by atoms with van der Waals surface area (Å²) in [5, 5.41) is 2.91. The van der Waals surface area contributed by atoms with Crippen LogP contribution >= 0.6 is 0 Å². The van der Waals surface area contributed by atoms with Gasteiger partial charge in [0.15, 0.2) is 0 Å². The topological polar surface area (TPSA) is 96.0 Å². The van der Waals surface area contributed by atoms with Crippen molar-refractivity contribution in [3.63, 3.8) is 0 Å². The van der Waals surface area contributed by atoms with Crippen LogP contribution < -0.4 is 14.4 Å². The summed E-state index contributed by atoms with van der Waals surface area (Å²) in [7, 11) is -3.56. The van der Waals surface area contributed by atoms with Crippen molar-refractivity contribution in [2.45, 2.75) is 60.0 Å². The molecule has 1 N–H and O–H groups in total. The number of sulfonamides is 1.